The van der Waals surface area contributed by atoms with Crippen molar-refractivity contribution < 1.29 is 4.39 Å². The largest absolute Gasteiger partial charge is 0.271 e. The fourth-order valence-corrected chi connectivity index (χ4v) is 1.76. The summed E-state index contributed by atoms with van der Waals surface area (Å²) < 4.78 is 13.6. The first kappa shape index (κ1) is 11.9. The van der Waals surface area contributed by atoms with Crippen LogP contribution in [0.15, 0.2) is 36.8 Å². The summed E-state index contributed by atoms with van der Waals surface area (Å²) in [5.74, 6) is 5.03. The van der Waals surface area contributed by atoms with E-state index in [-0.39, 0.29) is 0 Å². The second kappa shape index (κ2) is 5.18. The Morgan fingerprint density at radius 1 is 1.35 bits per heavy atom. The number of hydrogen-bond donors (Lipinski definition) is 2. The van der Waals surface area contributed by atoms with Crippen molar-refractivity contribution in [2.45, 2.75) is 6.04 Å². The molecule has 0 spiro atoms. The van der Waals surface area contributed by atoms with Crippen molar-refractivity contribution in [2.24, 2.45) is 5.84 Å². The molecule has 1 unspecified atom stereocenters. The summed E-state index contributed by atoms with van der Waals surface area (Å²) in [6.45, 7) is 0. The predicted molar refractivity (Wildman–Crippen MR) is 62.6 cm³/mol. The molecule has 0 radical (unpaired) electrons. The standard InChI is InChI=1S/C11H10ClFN4/c12-10-5-7(1-4-16-10)11(17-14)8-2-3-15-6-9(8)13/h1-6,11,17H,14H2. The van der Waals surface area contributed by atoms with Crippen molar-refractivity contribution in [2.75, 3.05) is 0 Å². The molecule has 6 heteroatoms. The highest BCUT2D eigenvalue weighted by atomic mass is 35.5. The Kier molecular flexibility index (Phi) is 3.63. The first-order valence-corrected chi connectivity index (χ1v) is 5.27. The van der Waals surface area contributed by atoms with Gasteiger partial charge in [-0.25, -0.2) is 14.8 Å². The third-order valence-corrected chi connectivity index (χ3v) is 2.57. The van der Waals surface area contributed by atoms with Crippen LogP contribution in [0.5, 0.6) is 0 Å². The van der Waals surface area contributed by atoms with Crippen LogP contribution < -0.4 is 11.3 Å². The molecule has 0 aromatic carbocycles. The summed E-state index contributed by atoms with van der Waals surface area (Å²) in [4.78, 5) is 7.55. The van der Waals surface area contributed by atoms with Gasteiger partial charge < -0.3 is 0 Å². The molecule has 0 fully saturated rings. The van der Waals surface area contributed by atoms with Gasteiger partial charge in [0.2, 0.25) is 0 Å². The van der Waals surface area contributed by atoms with Gasteiger partial charge in [-0.05, 0) is 23.8 Å². The minimum atomic E-state index is -0.488. The quantitative estimate of drug-likeness (QED) is 0.497. The molecule has 17 heavy (non-hydrogen) atoms. The number of hydrogen-bond acceptors (Lipinski definition) is 4. The molecule has 0 aliphatic rings. The lowest BCUT2D eigenvalue weighted by Crippen LogP contribution is -2.29. The van der Waals surface area contributed by atoms with Crippen LogP contribution in [0.4, 0.5) is 4.39 Å². The van der Waals surface area contributed by atoms with Crippen LogP contribution in [0.1, 0.15) is 17.2 Å². The van der Waals surface area contributed by atoms with Crippen LogP contribution in [0.2, 0.25) is 5.15 Å². The molecule has 2 rings (SSSR count). The number of nitrogens with one attached hydrogen (secondary N) is 1. The number of nitrogens with two attached hydrogens (primary N) is 1. The number of hydrazine groups is 1. The molecular weight excluding hydrogens is 243 g/mol. The Morgan fingerprint density at radius 2 is 2.18 bits per heavy atom. The Balaban J connectivity index is 2.44. The van der Waals surface area contributed by atoms with Gasteiger partial charge in [0, 0.05) is 18.0 Å². The Labute approximate surface area is 103 Å². The van der Waals surface area contributed by atoms with Gasteiger partial charge in [0.05, 0.1) is 12.2 Å². The molecule has 0 bridgehead atoms. The lowest BCUT2D eigenvalue weighted by molar-refractivity contribution is 0.555. The van der Waals surface area contributed by atoms with Crippen LogP contribution >= 0.6 is 11.6 Å². The zero-order chi connectivity index (χ0) is 12.3. The minimum Gasteiger partial charge on any atom is -0.271 e. The highest BCUT2D eigenvalue weighted by Gasteiger charge is 2.16. The Bertz CT molecular complexity index is 520. The van der Waals surface area contributed by atoms with Crippen LogP contribution in [-0.4, -0.2) is 9.97 Å². The van der Waals surface area contributed by atoms with Crippen molar-refractivity contribution >= 4 is 11.6 Å². The second-order valence-corrected chi connectivity index (χ2v) is 3.80. The van der Waals surface area contributed by atoms with E-state index in [2.05, 4.69) is 15.4 Å². The van der Waals surface area contributed by atoms with E-state index in [1.807, 2.05) is 0 Å². The van der Waals surface area contributed by atoms with E-state index < -0.39 is 11.9 Å². The van der Waals surface area contributed by atoms with Crippen LogP contribution in [0.3, 0.4) is 0 Å². The maximum Gasteiger partial charge on any atom is 0.146 e. The van der Waals surface area contributed by atoms with Crippen molar-refractivity contribution in [1.82, 2.24) is 15.4 Å². The molecule has 0 amide bonds. The molecule has 0 aliphatic heterocycles. The fraction of sp³-hybridized carbons (Fsp3) is 0.0909. The second-order valence-electron chi connectivity index (χ2n) is 3.41. The number of aromatic nitrogens is 2. The monoisotopic (exact) mass is 252 g/mol. The summed E-state index contributed by atoms with van der Waals surface area (Å²) in [5.41, 5.74) is 3.69. The molecule has 2 aromatic heterocycles. The van der Waals surface area contributed by atoms with Crippen LogP contribution in [0, 0.1) is 5.82 Å². The average molecular weight is 253 g/mol. The van der Waals surface area contributed by atoms with Gasteiger partial charge in [0.25, 0.3) is 0 Å². The third kappa shape index (κ3) is 2.58. The molecule has 0 saturated carbocycles. The molecule has 4 nitrogen and oxygen atoms in total. The highest BCUT2D eigenvalue weighted by Crippen LogP contribution is 2.24. The average Bonchev–Trinajstić information content (AvgIpc) is 2.33. The van der Waals surface area contributed by atoms with Gasteiger partial charge in [-0.3, -0.25) is 10.8 Å². The van der Waals surface area contributed by atoms with E-state index in [4.69, 9.17) is 17.4 Å². The summed E-state index contributed by atoms with van der Waals surface area (Å²) in [5, 5.41) is 0.331. The SMILES string of the molecule is NNC(c1ccnc(Cl)c1)c1ccncc1F. The van der Waals surface area contributed by atoms with E-state index >= 15 is 0 Å². The van der Waals surface area contributed by atoms with Gasteiger partial charge in [-0.15, -0.1) is 0 Å². The summed E-state index contributed by atoms with van der Waals surface area (Å²) in [6, 6.07) is 4.43. The molecular formula is C11H10ClFN4. The highest BCUT2D eigenvalue weighted by molar-refractivity contribution is 6.29. The van der Waals surface area contributed by atoms with E-state index in [1.165, 1.54) is 6.20 Å². The van der Waals surface area contributed by atoms with Crippen molar-refractivity contribution in [3.05, 3.63) is 58.9 Å². The lowest BCUT2D eigenvalue weighted by atomic mass is 10.0. The molecule has 88 valence electrons. The molecule has 2 heterocycles. The van der Waals surface area contributed by atoms with Crippen LogP contribution in [-0.2, 0) is 0 Å². The van der Waals surface area contributed by atoms with Crippen molar-refractivity contribution in [1.29, 1.82) is 0 Å². The number of rotatable bonds is 3. The molecule has 0 saturated heterocycles. The number of pyridine rings is 2. The van der Waals surface area contributed by atoms with Gasteiger partial charge in [-0.2, -0.15) is 0 Å². The minimum absolute atomic E-state index is 0.331. The van der Waals surface area contributed by atoms with Crippen molar-refractivity contribution in [3.8, 4) is 0 Å². The van der Waals surface area contributed by atoms with Gasteiger partial charge in [-0.1, -0.05) is 11.6 Å². The number of halogens is 2. The molecule has 1 atom stereocenters. The zero-order valence-corrected chi connectivity index (χ0v) is 9.53. The fourth-order valence-electron chi connectivity index (χ4n) is 1.58. The van der Waals surface area contributed by atoms with Crippen molar-refractivity contribution in [3.63, 3.8) is 0 Å². The Morgan fingerprint density at radius 3 is 2.82 bits per heavy atom. The third-order valence-electron chi connectivity index (χ3n) is 2.37. The van der Waals surface area contributed by atoms with Crippen LogP contribution in [0.25, 0.3) is 0 Å². The topological polar surface area (TPSA) is 63.8 Å². The van der Waals surface area contributed by atoms with Gasteiger partial charge >= 0.3 is 0 Å². The first-order chi connectivity index (χ1) is 8.22. The van der Waals surface area contributed by atoms with E-state index in [0.717, 1.165) is 11.8 Å². The summed E-state index contributed by atoms with van der Waals surface area (Å²) in [7, 11) is 0. The normalized spacial score (nSPS) is 12.4. The summed E-state index contributed by atoms with van der Waals surface area (Å²) >= 11 is 5.79. The molecule has 0 aliphatic carbocycles. The lowest BCUT2D eigenvalue weighted by Gasteiger charge is -2.17. The number of nitrogens with zero attached hydrogens (tertiary/aromatic N) is 2. The first-order valence-electron chi connectivity index (χ1n) is 4.89. The predicted octanol–water partition coefficient (Wildman–Crippen LogP) is 1.82. The van der Waals surface area contributed by atoms with E-state index in [0.29, 0.717) is 10.7 Å². The van der Waals surface area contributed by atoms with Gasteiger partial charge in [0.1, 0.15) is 11.0 Å². The summed E-state index contributed by atoms with van der Waals surface area (Å²) in [6.07, 6.45) is 4.19. The maximum atomic E-state index is 13.6. The Hall–Kier alpha value is -1.56. The molecule has 3 N–H and O–H groups in total. The molecule has 2 aromatic rings. The van der Waals surface area contributed by atoms with E-state index in [1.54, 1.807) is 24.4 Å². The van der Waals surface area contributed by atoms with Gasteiger partial charge in [0.15, 0.2) is 0 Å². The van der Waals surface area contributed by atoms with E-state index in [9.17, 15) is 4.39 Å². The maximum absolute atomic E-state index is 13.6. The smallest absolute Gasteiger partial charge is 0.146 e. The zero-order valence-electron chi connectivity index (χ0n) is 8.77.